The standard InChI is InChI=1S/C16H10N2O/c1-9-6-7-12-13-14(9)17-8-18-15(13)10-4-2-3-5-11(10)16(12)19/h2-8H,1H3. The average molecular weight is 246 g/mol. The molecule has 1 heterocycles. The van der Waals surface area contributed by atoms with Gasteiger partial charge < -0.3 is 0 Å². The number of hydrogen-bond acceptors (Lipinski definition) is 3. The van der Waals surface area contributed by atoms with Gasteiger partial charge in [0.1, 0.15) is 6.33 Å². The van der Waals surface area contributed by atoms with E-state index in [-0.39, 0.29) is 5.78 Å². The first kappa shape index (κ1) is 10.4. The fraction of sp³-hybridized carbons (Fsp3) is 0.0625. The maximum Gasteiger partial charge on any atom is 0.194 e. The van der Waals surface area contributed by atoms with Gasteiger partial charge in [0.2, 0.25) is 0 Å². The molecule has 0 saturated heterocycles. The third kappa shape index (κ3) is 1.24. The molecule has 0 bridgehead atoms. The van der Waals surface area contributed by atoms with Crippen LogP contribution in [0.1, 0.15) is 21.5 Å². The van der Waals surface area contributed by atoms with E-state index in [0.717, 1.165) is 33.3 Å². The number of carbonyl (C=O) groups excluding carboxylic acids is 1. The molecule has 19 heavy (non-hydrogen) atoms. The van der Waals surface area contributed by atoms with Gasteiger partial charge in [0.05, 0.1) is 11.2 Å². The number of fused-ring (bicyclic) bond motifs is 2. The highest BCUT2D eigenvalue weighted by Gasteiger charge is 2.26. The Bertz CT molecular complexity index is 852. The van der Waals surface area contributed by atoms with Gasteiger partial charge in [-0.3, -0.25) is 4.79 Å². The molecular weight excluding hydrogens is 236 g/mol. The summed E-state index contributed by atoms with van der Waals surface area (Å²) >= 11 is 0. The second-order valence-corrected chi connectivity index (χ2v) is 4.75. The number of benzene rings is 2. The maximum absolute atomic E-state index is 12.6. The summed E-state index contributed by atoms with van der Waals surface area (Å²) in [6, 6.07) is 11.4. The molecule has 0 aliphatic heterocycles. The highest BCUT2D eigenvalue weighted by Crippen LogP contribution is 2.37. The normalized spacial score (nSPS) is 12.6. The second kappa shape index (κ2) is 3.48. The molecule has 3 heteroatoms. The lowest BCUT2D eigenvalue weighted by molar-refractivity contribution is 0.104. The summed E-state index contributed by atoms with van der Waals surface area (Å²) in [7, 11) is 0. The Morgan fingerprint density at radius 1 is 0.895 bits per heavy atom. The number of aryl methyl sites for hydroxylation is 1. The first-order chi connectivity index (χ1) is 9.27. The maximum atomic E-state index is 12.6. The van der Waals surface area contributed by atoms with Crippen molar-refractivity contribution in [3.05, 3.63) is 59.4 Å². The predicted octanol–water partition coefficient (Wildman–Crippen LogP) is 3.15. The molecule has 90 valence electrons. The molecule has 0 atom stereocenters. The minimum absolute atomic E-state index is 0.0582. The van der Waals surface area contributed by atoms with Crippen molar-refractivity contribution in [3.8, 4) is 11.3 Å². The van der Waals surface area contributed by atoms with Crippen LogP contribution in [0.25, 0.3) is 22.2 Å². The molecule has 0 amide bonds. The number of hydrogen-bond donors (Lipinski definition) is 0. The molecule has 1 aliphatic rings. The van der Waals surface area contributed by atoms with Gasteiger partial charge in [0.15, 0.2) is 5.78 Å². The molecule has 0 N–H and O–H groups in total. The Morgan fingerprint density at radius 3 is 2.53 bits per heavy atom. The summed E-state index contributed by atoms with van der Waals surface area (Å²) in [6.07, 6.45) is 1.57. The van der Waals surface area contributed by atoms with Crippen LogP contribution in [0.4, 0.5) is 0 Å². The van der Waals surface area contributed by atoms with Crippen molar-refractivity contribution < 1.29 is 4.79 Å². The van der Waals surface area contributed by atoms with Crippen molar-refractivity contribution in [1.29, 1.82) is 0 Å². The average Bonchev–Trinajstić information content (AvgIpc) is 2.46. The third-order valence-corrected chi connectivity index (χ3v) is 3.66. The quantitative estimate of drug-likeness (QED) is 0.478. The van der Waals surface area contributed by atoms with Crippen LogP contribution >= 0.6 is 0 Å². The summed E-state index contributed by atoms with van der Waals surface area (Å²) in [5.74, 6) is 0.0582. The lowest BCUT2D eigenvalue weighted by atomic mass is 9.86. The number of nitrogens with zero attached hydrogens (tertiary/aromatic N) is 2. The van der Waals surface area contributed by atoms with Crippen molar-refractivity contribution in [3.63, 3.8) is 0 Å². The van der Waals surface area contributed by atoms with E-state index < -0.39 is 0 Å². The van der Waals surface area contributed by atoms with Crippen LogP contribution in [0.2, 0.25) is 0 Å². The van der Waals surface area contributed by atoms with Gasteiger partial charge in [-0.1, -0.05) is 30.3 Å². The monoisotopic (exact) mass is 246 g/mol. The van der Waals surface area contributed by atoms with Crippen molar-refractivity contribution >= 4 is 16.7 Å². The van der Waals surface area contributed by atoms with Crippen LogP contribution in [0.5, 0.6) is 0 Å². The molecule has 0 spiro atoms. The van der Waals surface area contributed by atoms with Gasteiger partial charge in [-0.2, -0.15) is 0 Å². The largest absolute Gasteiger partial charge is 0.289 e. The SMILES string of the molecule is Cc1ccc2c3c(ncnc13)-c1ccccc1C2=O. The first-order valence-electron chi connectivity index (χ1n) is 6.16. The Kier molecular flexibility index (Phi) is 1.90. The fourth-order valence-corrected chi connectivity index (χ4v) is 2.74. The van der Waals surface area contributed by atoms with Crippen LogP contribution in [-0.2, 0) is 0 Å². The Morgan fingerprint density at radius 2 is 1.68 bits per heavy atom. The minimum Gasteiger partial charge on any atom is -0.289 e. The molecule has 0 radical (unpaired) electrons. The lowest BCUT2D eigenvalue weighted by Gasteiger charge is -2.18. The Hall–Kier alpha value is -2.55. The van der Waals surface area contributed by atoms with Crippen LogP contribution in [-0.4, -0.2) is 15.8 Å². The molecule has 2 aromatic carbocycles. The van der Waals surface area contributed by atoms with Crippen LogP contribution < -0.4 is 0 Å². The van der Waals surface area contributed by atoms with Gasteiger partial charge in [-0.05, 0) is 18.6 Å². The van der Waals surface area contributed by atoms with E-state index in [1.165, 1.54) is 0 Å². The lowest BCUT2D eigenvalue weighted by Crippen LogP contribution is -2.11. The molecule has 3 nitrogen and oxygen atoms in total. The zero-order valence-electron chi connectivity index (χ0n) is 10.3. The van der Waals surface area contributed by atoms with E-state index in [4.69, 9.17) is 0 Å². The fourth-order valence-electron chi connectivity index (χ4n) is 2.74. The van der Waals surface area contributed by atoms with Crippen LogP contribution in [0.3, 0.4) is 0 Å². The number of rotatable bonds is 0. The number of ketones is 1. The molecular formula is C16H10N2O. The summed E-state index contributed by atoms with van der Waals surface area (Å²) in [5.41, 5.74) is 5.12. The molecule has 1 aromatic heterocycles. The smallest absolute Gasteiger partial charge is 0.194 e. The van der Waals surface area contributed by atoms with Gasteiger partial charge in [-0.15, -0.1) is 0 Å². The van der Waals surface area contributed by atoms with E-state index >= 15 is 0 Å². The Labute approximate surface area is 109 Å². The topological polar surface area (TPSA) is 42.9 Å². The van der Waals surface area contributed by atoms with E-state index in [1.54, 1.807) is 6.33 Å². The molecule has 1 aliphatic carbocycles. The van der Waals surface area contributed by atoms with Crippen LogP contribution in [0, 0.1) is 6.92 Å². The predicted molar refractivity (Wildman–Crippen MR) is 73.1 cm³/mol. The van der Waals surface area contributed by atoms with Crippen molar-refractivity contribution in [2.24, 2.45) is 0 Å². The summed E-state index contributed by atoms with van der Waals surface area (Å²) < 4.78 is 0. The van der Waals surface area contributed by atoms with Crippen molar-refractivity contribution in [2.45, 2.75) is 6.92 Å². The highest BCUT2D eigenvalue weighted by atomic mass is 16.1. The minimum atomic E-state index is 0.0582. The van der Waals surface area contributed by atoms with E-state index in [1.807, 2.05) is 43.3 Å². The second-order valence-electron chi connectivity index (χ2n) is 4.75. The van der Waals surface area contributed by atoms with Gasteiger partial charge in [-0.25, -0.2) is 9.97 Å². The van der Waals surface area contributed by atoms with E-state index in [9.17, 15) is 4.79 Å². The highest BCUT2D eigenvalue weighted by molar-refractivity contribution is 6.24. The molecule has 3 aromatic rings. The van der Waals surface area contributed by atoms with Crippen LogP contribution in [0.15, 0.2) is 42.7 Å². The van der Waals surface area contributed by atoms with Gasteiger partial charge in [0, 0.05) is 22.1 Å². The molecule has 0 saturated carbocycles. The van der Waals surface area contributed by atoms with E-state index in [2.05, 4.69) is 9.97 Å². The number of aromatic nitrogens is 2. The summed E-state index contributed by atoms with van der Waals surface area (Å²) in [6.45, 7) is 2.00. The Balaban J connectivity index is 2.28. The van der Waals surface area contributed by atoms with E-state index in [0.29, 0.717) is 5.56 Å². The third-order valence-electron chi connectivity index (χ3n) is 3.66. The van der Waals surface area contributed by atoms with Crippen molar-refractivity contribution in [1.82, 2.24) is 9.97 Å². The zero-order valence-corrected chi connectivity index (χ0v) is 10.3. The first-order valence-corrected chi connectivity index (χ1v) is 6.16. The molecule has 0 fully saturated rings. The van der Waals surface area contributed by atoms with Gasteiger partial charge >= 0.3 is 0 Å². The van der Waals surface area contributed by atoms with Gasteiger partial charge in [0.25, 0.3) is 0 Å². The van der Waals surface area contributed by atoms with Crippen molar-refractivity contribution in [2.75, 3.05) is 0 Å². The summed E-state index contributed by atoms with van der Waals surface area (Å²) in [4.78, 5) is 21.3. The summed E-state index contributed by atoms with van der Waals surface area (Å²) in [5, 5.41) is 0.881. The zero-order chi connectivity index (χ0) is 13.0. The molecule has 4 rings (SSSR count). The molecule has 0 unspecified atom stereocenters. The number of carbonyl (C=O) groups is 1.